The predicted molar refractivity (Wildman–Crippen MR) is 48.0 cm³/mol. The fourth-order valence-electron chi connectivity index (χ4n) is 1.04. The molecule has 66 valence electrons. The Hall–Kier alpha value is -0.480. The van der Waals surface area contributed by atoms with Crippen LogP contribution in [-0.4, -0.2) is 9.78 Å². The van der Waals surface area contributed by atoms with Gasteiger partial charge in [0, 0.05) is 17.1 Å². The van der Waals surface area contributed by atoms with Crippen molar-refractivity contribution in [2.24, 2.45) is 0 Å². The molecule has 0 bridgehead atoms. The molecule has 1 heterocycles. The van der Waals surface area contributed by atoms with Crippen molar-refractivity contribution in [2.45, 2.75) is 0 Å². The summed E-state index contributed by atoms with van der Waals surface area (Å²) < 4.78 is 1.51. The van der Waals surface area contributed by atoms with E-state index in [-0.39, 0.29) is 35.4 Å². The number of hydrogen-bond donors (Lipinski definition) is 0. The number of aromatic nitrogens is 2. The molecule has 2 rings (SSSR count). The van der Waals surface area contributed by atoms with Crippen molar-refractivity contribution in [3.63, 3.8) is 0 Å². The smallest absolute Gasteiger partial charge is 0.857 e. The fourth-order valence-corrected chi connectivity index (χ4v) is 1.17. The van der Waals surface area contributed by atoms with Gasteiger partial charge in [-0.05, 0) is 30.3 Å². The number of hydrogen-bond acceptors (Lipinski definition) is 2. The van der Waals surface area contributed by atoms with Crippen molar-refractivity contribution in [1.82, 2.24) is 9.78 Å². The zero-order valence-corrected chi connectivity index (χ0v) is 10.4. The van der Waals surface area contributed by atoms with E-state index in [9.17, 15) is 5.11 Å². The second-order valence-corrected chi connectivity index (χ2v) is 3.01. The first kappa shape index (κ1) is 11.6. The molecule has 5 heteroatoms. The third-order valence-corrected chi connectivity index (χ3v) is 1.91. The second-order valence-electron chi connectivity index (χ2n) is 2.57. The van der Waals surface area contributed by atoms with Gasteiger partial charge in [-0.15, -0.1) is 0 Å². The molecule has 0 saturated carbocycles. The number of rotatable bonds is 1. The molecule has 0 aliphatic rings. The molecular weight excluding hydrogens is 211 g/mol. The summed E-state index contributed by atoms with van der Waals surface area (Å²) in [5.41, 5.74) is 0.825. The second kappa shape index (κ2) is 4.84. The molecule has 0 spiro atoms. The van der Waals surface area contributed by atoms with Gasteiger partial charge in [0.05, 0.1) is 5.69 Å². The molecular formula is C9H6ClN2NaO. The third kappa shape index (κ3) is 2.51. The van der Waals surface area contributed by atoms with Gasteiger partial charge in [0.15, 0.2) is 0 Å². The van der Waals surface area contributed by atoms with E-state index in [1.807, 2.05) is 0 Å². The van der Waals surface area contributed by atoms with Gasteiger partial charge in [0.25, 0.3) is 0 Å². The van der Waals surface area contributed by atoms with Crippen LogP contribution >= 0.6 is 11.6 Å². The Labute approximate surface area is 109 Å². The molecule has 0 unspecified atom stereocenters. The van der Waals surface area contributed by atoms with Crippen molar-refractivity contribution in [3.8, 4) is 11.6 Å². The Morgan fingerprint density at radius 2 is 1.79 bits per heavy atom. The monoisotopic (exact) mass is 216 g/mol. The van der Waals surface area contributed by atoms with Crippen LogP contribution in [0.3, 0.4) is 0 Å². The van der Waals surface area contributed by atoms with Gasteiger partial charge in [-0.25, -0.2) is 4.68 Å². The van der Waals surface area contributed by atoms with E-state index in [2.05, 4.69) is 5.10 Å². The molecule has 1 aromatic carbocycles. The first-order valence-electron chi connectivity index (χ1n) is 3.74. The van der Waals surface area contributed by atoms with Crippen LogP contribution in [0.5, 0.6) is 5.88 Å². The van der Waals surface area contributed by atoms with Gasteiger partial charge in [-0.3, -0.25) is 0 Å². The molecule has 0 atom stereocenters. The molecule has 0 fully saturated rings. The number of benzene rings is 1. The largest absolute Gasteiger partial charge is 1.00 e. The van der Waals surface area contributed by atoms with E-state index in [0.29, 0.717) is 5.02 Å². The van der Waals surface area contributed by atoms with Gasteiger partial charge in [-0.2, -0.15) is 5.10 Å². The topological polar surface area (TPSA) is 40.9 Å². The van der Waals surface area contributed by atoms with E-state index >= 15 is 0 Å². The first-order valence-corrected chi connectivity index (χ1v) is 4.12. The molecule has 1 aromatic heterocycles. The minimum atomic E-state index is -0.241. The summed E-state index contributed by atoms with van der Waals surface area (Å²) in [7, 11) is 0. The maximum absolute atomic E-state index is 10.8. The van der Waals surface area contributed by atoms with Crippen LogP contribution in [0.2, 0.25) is 5.02 Å². The standard InChI is InChI=1S/C9H7ClN2O.Na/c10-7-1-3-8(4-2-7)12-6-5-9(13)11-12;/h1-6H,(H,11,13);/q;+1/p-1. The normalized spacial score (nSPS) is 9.50. The van der Waals surface area contributed by atoms with Gasteiger partial charge < -0.3 is 5.11 Å². The maximum atomic E-state index is 10.8. The van der Waals surface area contributed by atoms with Gasteiger partial charge >= 0.3 is 29.6 Å². The molecule has 2 aromatic rings. The Morgan fingerprint density at radius 3 is 2.29 bits per heavy atom. The number of halogens is 1. The average molecular weight is 217 g/mol. The van der Waals surface area contributed by atoms with E-state index in [1.54, 1.807) is 30.5 Å². The Morgan fingerprint density at radius 1 is 1.14 bits per heavy atom. The molecule has 0 saturated heterocycles. The van der Waals surface area contributed by atoms with Crippen LogP contribution in [0, 0.1) is 0 Å². The van der Waals surface area contributed by atoms with Crippen LogP contribution in [0.25, 0.3) is 5.69 Å². The van der Waals surface area contributed by atoms with Crippen LogP contribution in [-0.2, 0) is 0 Å². The van der Waals surface area contributed by atoms with Crippen molar-refractivity contribution in [1.29, 1.82) is 0 Å². The maximum Gasteiger partial charge on any atom is 1.00 e. The Bertz CT molecular complexity index is 413. The Kier molecular flexibility index (Phi) is 4.01. The van der Waals surface area contributed by atoms with Crippen molar-refractivity contribution in [2.75, 3.05) is 0 Å². The minimum absolute atomic E-state index is 0. The van der Waals surface area contributed by atoms with E-state index in [1.165, 1.54) is 10.7 Å². The molecule has 14 heavy (non-hydrogen) atoms. The molecule has 0 N–H and O–H groups in total. The average Bonchev–Trinajstić information content (AvgIpc) is 2.53. The summed E-state index contributed by atoms with van der Waals surface area (Å²) in [4.78, 5) is 0. The van der Waals surface area contributed by atoms with Crippen LogP contribution in [0.15, 0.2) is 36.5 Å². The Balaban J connectivity index is 0.000000980. The molecule has 0 amide bonds. The summed E-state index contributed by atoms with van der Waals surface area (Å²) in [5.74, 6) is -0.241. The quantitative estimate of drug-likeness (QED) is 0.551. The van der Waals surface area contributed by atoms with Gasteiger partial charge in [0.1, 0.15) is 0 Å². The van der Waals surface area contributed by atoms with E-state index < -0.39 is 0 Å². The van der Waals surface area contributed by atoms with Crippen LogP contribution in [0.1, 0.15) is 0 Å². The van der Waals surface area contributed by atoms with Crippen molar-refractivity contribution >= 4 is 11.6 Å². The first-order chi connectivity index (χ1) is 6.25. The zero-order valence-electron chi connectivity index (χ0n) is 7.64. The third-order valence-electron chi connectivity index (χ3n) is 1.66. The predicted octanol–water partition coefficient (Wildman–Crippen LogP) is -1.40. The number of nitrogens with zero attached hydrogens (tertiary/aromatic N) is 2. The summed E-state index contributed by atoms with van der Waals surface area (Å²) >= 11 is 5.71. The van der Waals surface area contributed by atoms with Gasteiger partial charge in [0.2, 0.25) is 0 Å². The molecule has 0 aliphatic heterocycles. The molecule has 0 radical (unpaired) electrons. The summed E-state index contributed by atoms with van der Waals surface area (Å²) in [5, 5.41) is 15.2. The zero-order chi connectivity index (χ0) is 9.26. The summed E-state index contributed by atoms with van der Waals surface area (Å²) in [6.07, 6.45) is 1.62. The van der Waals surface area contributed by atoms with Gasteiger partial charge in [-0.1, -0.05) is 11.6 Å². The van der Waals surface area contributed by atoms with E-state index in [0.717, 1.165) is 5.69 Å². The summed E-state index contributed by atoms with van der Waals surface area (Å²) in [6.45, 7) is 0. The van der Waals surface area contributed by atoms with Crippen LogP contribution < -0.4 is 34.7 Å². The SMILES string of the molecule is [Na+].[O-]c1ccn(-c2ccc(Cl)cc2)n1. The fraction of sp³-hybridized carbons (Fsp3) is 0. The van der Waals surface area contributed by atoms with Crippen LogP contribution in [0.4, 0.5) is 0 Å². The molecule has 3 nitrogen and oxygen atoms in total. The van der Waals surface area contributed by atoms with Crippen molar-refractivity contribution < 1.29 is 34.7 Å². The van der Waals surface area contributed by atoms with E-state index in [4.69, 9.17) is 11.6 Å². The molecule has 0 aliphatic carbocycles. The minimum Gasteiger partial charge on any atom is -0.857 e. The summed E-state index contributed by atoms with van der Waals surface area (Å²) in [6, 6.07) is 8.52. The van der Waals surface area contributed by atoms with Crippen molar-refractivity contribution in [3.05, 3.63) is 41.6 Å².